The van der Waals surface area contributed by atoms with Crippen LogP contribution in [0.15, 0.2) is 23.3 Å². The maximum absolute atomic E-state index is 3.04. The molecule has 0 unspecified atom stereocenters. The Balaban J connectivity index is 3.51. The molecule has 0 radical (unpaired) electrons. The molecule has 8 heteroatoms. The van der Waals surface area contributed by atoms with Crippen LogP contribution in [0.25, 0.3) is 0 Å². The molecule has 1 aliphatic heterocycles. The Morgan fingerprint density at radius 1 is 0.477 bits per heavy atom. The number of hydrogen-bond acceptors (Lipinski definition) is 0. The fourth-order valence-electron chi connectivity index (χ4n) is 11.9. The summed E-state index contributed by atoms with van der Waals surface area (Å²) in [6.45, 7) is 62.7. The molecule has 0 nitrogen and oxygen atoms in total. The fraction of sp³-hybridized carbons (Fsp3) is 0.778. The first-order valence-electron chi connectivity index (χ1n) is 17.7. The topological polar surface area (TPSA) is 0 Å². The zero-order chi connectivity index (χ0) is 35.0. The van der Waals surface area contributed by atoms with Crippen LogP contribution in [-0.2, 0) is 4.28 Å². The molecular formula is C36H78Si7Te. The Kier molecular flexibility index (Phi) is 12.1. The maximum atomic E-state index is 3.04. The predicted octanol–water partition coefficient (Wildman–Crippen LogP) is 12.0. The fourth-order valence-corrected chi connectivity index (χ4v) is 78.0. The third-order valence-electron chi connectivity index (χ3n) is 11.0. The molecule has 0 aromatic heterocycles. The molecule has 1 heterocycles. The molecule has 0 saturated heterocycles. The van der Waals surface area contributed by atoms with E-state index in [0.29, 0.717) is 4.28 Å². The van der Waals surface area contributed by atoms with E-state index in [0.717, 1.165) is 10.3 Å². The summed E-state index contributed by atoms with van der Waals surface area (Å²) in [5.41, 5.74) is 9.30. The second-order valence-electron chi connectivity index (χ2n) is 22.3. The van der Waals surface area contributed by atoms with Crippen LogP contribution in [0.1, 0.15) is 40.9 Å². The van der Waals surface area contributed by atoms with Crippen molar-refractivity contribution >= 4 is 79.7 Å². The predicted molar refractivity (Wildman–Crippen MR) is 232 cm³/mol. The van der Waals surface area contributed by atoms with Gasteiger partial charge in [0.25, 0.3) is 0 Å². The first-order valence-corrected chi connectivity index (χ1v) is 47.4. The molecular weight excluding hydrogens is 757 g/mol. The van der Waals surface area contributed by atoms with Gasteiger partial charge in [0.15, 0.2) is 0 Å². The second-order valence-corrected chi connectivity index (χ2v) is 68.1. The Morgan fingerprint density at radius 2 is 0.727 bits per heavy atom. The molecule has 0 saturated carbocycles. The van der Waals surface area contributed by atoms with Gasteiger partial charge in [0.05, 0.1) is 0 Å². The Hall–Kier alpha value is 1.27. The standard InChI is InChI=1S/C36H78Si7Te/c1-28-26-44(27-29(28)2)33-31(34(37(3,4)5)38(6,7)8)24-30(25-32(33)35(39(9,10)11)40(12,13)14)36(41(15,16)17,42(18,19)20)43(21,22)23/h24-25,34-35,44H,26-27H2,1-23H3. The molecule has 2 rings (SSSR count). The zero-order valence-electron chi connectivity index (χ0n) is 34.2. The summed E-state index contributed by atoms with van der Waals surface area (Å²) in [4.78, 5) is 0. The Labute approximate surface area is 292 Å². The molecule has 1 aromatic rings. The van der Waals surface area contributed by atoms with Gasteiger partial charge in [-0.25, -0.2) is 0 Å². The summed E-state index contributed by atoms with van der Waals surface area (Å²) in [7, 11) is -11.0. The van der Waals surface area contributed by atoms with E-state index < -0.39 is 76.1 Å². The van der Waals surface area contributed by atoms with Crippen LogP contribution in [0, 0.1) is 0 Å². The van der Waals surface area contributed by atoms with Gasteiger partial charge >= 0.3 is 295 Å². The average molecular weight is 835 g/mol. The summed E-state index contributed by atoms with van der Waals surface area (Å²) >= 11 is -1.78. The van der Waals surface area contributed by atoms with E-state index in [4.69, 9.17) is 0 Å². The van der Waals surface area contributed by atoms with Crippen molar-refractivity contribution in [3.8, 4) is 0 Å². The second kappa shape index (κ2) is 12.9. The Morgan fingerprint density at radius 3 is 0.932 bits per heavy atom. The molecule has 44 heavy (non-hydrogen) atoms. The Bertz CT molecular complexity index is 1100. The molecule has 0 spiro atoms. The summed E-state index contributed by atoms with van der Waals surface area (Å²) in [5.74, 6) is 0. The number of rotatable bonds is 11. The van der Waals surface area contributed by atoms with Crippen molar-refractivity contribution in [1.29, 1.82) is 0 Å². The minimum absolute atomic E-state index is 0.425. The van der Waals surface area contributed by atoms with Crippen molar-refractivity contribution in [3.63, 3.8) is 0 Å². The van der Waals surface area contributed by atoms with Crippen molar-refractivity contribution in [2.75, 3.05) is 0 Å². The molecule has 0 amide bonds. The van der Waals surface area contributed by atoms with E-state index in [2.05, 4.69) is 167 Å². The van der Waals surface area contributed by atoms with Crippen molar-refractivity contribution in [2.24, 2.45) is 0 Å². The summed E-state index contributed by atoms with van der Waals surface area (Å²) in [6.07, 6.45) is 0. The molecule has 0 N–H and O–H groups in total. The van der Waals surface area contributed by atoms with Crippen molar-refractivity contribution in [1.82, 2.24) is 0 Å². The van der Waals surface area contributed by atoms with E-state index >= 15 is 0 Å². The number of benzene rings is 1. The van der Waals surface area contributed by atoms with Crippen LogP contribution in [-0.4, -0.2) is 76.1 Å². The molecule has 256 valence electrons. The molecule has 1 aromatic carbocycles. The summed E-state index contributed by atoms with van der Waals surface area (Å²) in [5, 5.41) is 1.64. The van der Waals surface area contributed by atoms with Crippen LogP contribution in [0.4, 0.5) is 0 Å². The third-order valence-corrected chi connectivity index (χ3v) is 58.8. The van der Waals surface area contributed by atoms with Crippen molar-refractivity contribution in [3.05, 3.63) is 40.0 Å². The van der Waals surface area contributed by atoms with Gasteiger partial charge in [0, 0.05) is 0 Å². The zero-order valence-corrected chi connectivity index (χ0v) is 43.7. The van der Waals surface area contributed by atoms with Gasteiger partial charge < -0.3 is 0 Å². The molecule has 0 aliphatic carbocycles. The van der Waals surface area contributed by atoms with Crippen LogP contribution >= 0.6 is 0 Å². The summed E-state index contributed by atoms with van der Waals surface area (Å²) in [6, 6.07) is 6.07. The molecule has 0 fully saturated rings. The molecule has 1 aliphatic rings. The SMILES string of the molecule is CC1=C(C)C[TeH](c2c(C([Si](C)(C)C)[Si](C)(C)C)cc(C([Si](C)(C)C)([Si](C)(C)C)[Si](C)(C)C)cc2C([Si](C)(C)C)[Si](C)(C)C)C1. The number of hydrogen-bond donors (Lipinski definition) is 0. The van der Waals surface area contributed by atoms with E-state index in [1.807, 2.05) is 16.7 Å². The van der Waals surface area contributed by atoms with Crippen LogP contribution < -0.4 is 3.61 Å². The molecule has 0 atom stereocenters. The molecule has 0 bridgehead atoms. The van der Waals surface area contributed by atoms with Gasteiger partial charge in [-0.3, -0.25) is 0 Å². The first-order chi connectivity index (χ1) is 19.1. The minimum atomic E-state index is -1.78. The van der Waals surface area contributed by atoms with E-state index in [9.17, 15) is 0 Å². The van der Waals surface area contributed by atoms with Gasteiger partial charge in [-0.1, -0.05) is 0 Å². The van der Waals surface area contributed by atoms with Crippen LogP contribution in [0.2, 0.25) is 146 Å². The van der Waals surface area contributed by atoms with Crippen molar-refractivity contribution < 1.29 is 0 Å². The van der Waals surface area contributed by atoms with E-state index in [1.165, 1.54) is 8.94 Å². The van der Waals surface area contributed by atoms with E-state index in [1.54, 1.807) is 11.1 Å². The summed E-state index contributed by atoms with van der Waals surface area (Å²) < 4.78 is 5.41. The van der Waals surface area contributed by atoms with Gasteiger partial charge in [-0.15, -0.1) is 0 Å². The monoisotopic (exact) mass is 836 g/mol. The number of allylic oxidation sites excluding steroid dienone is 2. The van der Waals surface area contributed by atoms with Gasteiger partial charge in [0.2, 0.25) is 0 Å². The van der Waals surface area contributed by atoms with Crippen LogP contribution in [0.5, 0.6) is 0 Å². The first kappa shape index (κ1) is 41.4. The average Bonchev–Trinajstić information content (AvgIpc) is 2.98. The van der Waals surface area contributed by atoms with Gasteiger partial charge in [0.1, 0.15) is 0 Å². The van der Waals surface area contributed by atoms with Gasteiger partial charge in [-0.05, 0) is 0 Å². The van der Waals surface area contributed by atoms with Crippen LogP contribution in [0.3, 0.4) is 0 Å². The quantitative estimate of drug-likeness (QED) is 0.154. The third kappa shape index (κ3) is 8.01. The normalized spacial score (nSPS) is 17.9. The van der Waals surface area contributed by atoms with E-state index in [-0.39, 0.29) is 0 Å². The van der Waals surface area contributed by atoms with Gasteiger partial charge in [-0.2, -0.15) is 0 Å². The van der Waals surface area contributed by atoms with Crippen molar-refractivity contribution in [2.45, 2.75) is 175 Å².